The first-order chi connectivity index (χ1) is 17.3. The Hall–Kier alpha value is -4.30. The van der Waals surface area contributed by atoms with Crippen LogP contribution in [0.2, 0.25) is 0 Å². The minimum absolute atomic E-state index is 0.0179. The van der Waals surface area contributed by atoms with Gasteiger partial charge >= 0.3 is 0 Å². The van der Waals surface area contributed by atoms with E-state index in [1.165, 1.54) is 12.1 Å². The molecule has 0 amide bonds. The summed E-state index contributed by atoms with van der Waals surface area (Å²) in [7, 11) is 2.03. The van der Waals surface area contributed by atoms with Crippen molar-refractivity contribution in [1.82, 2.24) is 19.9 Å². The van der Waals surface area contributed by atoms with E-state index in [0.717, 1.165) is 38.6 Å². The van der Waals surface area contributed by atoms with Crippen LogP contribution in [0.5, 0.6) is 11.6 Å². The van der Waals surface area contributed by atoms with Gasteiger partial charge in [0, 0.05) is 49.0 Å². The summed E-state index contributed by atoms with van der Waals surface area (Å²) in [6, 6.07) is 8.92. The number of piperazine rings is 1. The van der Waals surface area contributed by atoms with Crippen molar-refractivity contribution in [2.75, 3.05) is 43.4 Å². The lowest BCUT2D eigenvalue weighted by molar-refractivity contribution is 0.311. The Labute approximate surface area is 204 Å². The summed E-state index contributed by atoms with van der Waals surface area (Å²) in [5, 5.41) is 12.6. The van der Waals surface area contributed by atoms with Gasteiger partial charge in [0.2, 0.25) is 5.88 Å². The molecule has 0 saturated carbocycles. The number of nitrogens with zero attached hydrogens (tertiary/aromatic N) is 5. The van der Waals surface area contributed by atoms with Crippen molar-refractivity contribution in [2.24, 2.45) is 0 Å². The number of aryl methyl sites for hydroxylation is 1. The Morgan fingerprint density at radius 1 is 1.06 bits per heavy atom. The van der Waals surface area contributed by atoms with E-state index in [1.54, 1.807) is 19.1 Å². The molecule has 0 aliphatic carbocycles. The lowest BCUT2D eigenvalue weighted by atomic mass is 10.2. The van der Waals surface area contributed by atoms with Crippen molar-refractivity contribution in [1.29, 1.82) is 5.26 Å². The second kappa shape index (κ2) is 9.39. The third kappa shape index (κ3) is 4.38. The van der Waals surface area contributed by atoms with E-state index in [0.29, 0.717) is 17.1 Å². The minimum atomic E-state index is -0.797. The number of nitrogens with one attached hydrogen (secondary N) is 2. The molecule has 184 valence electrons. The maximum absolute atomic E-state index is 15.0. The van der Waals surface area contributed by atoms with E-state index in [-0.39, 0.29) is 28.2 Å². The highest BCUT2D eigenvalue weighted by Crippen LogP contribution is 2.34. The van der Waals surface area contributed by atoms with Crippen molar-refractivity contribution < 1.29 is 17.9 Å². The van der Waals surface area contributed by atoms with Crippen LogP contribution in [-0.4, -0.2) is 53.1 Å². The summed E-state index contributed by atoms with van der Waals surface area (Å²) < 4.78 is 49.9. The monoisotopic (exact) mass is 493 g/mol. The number of ether oxygens (including phenoxy) is 1. The molecular weight excluding hydrogens is 471 g/mol. The molecule has 0 atom stereocenters. The average molecular weight is 493 g/mol. The maximum Gasteiger partial charge on any atom is 0.242 e. The van der Waals surface area contributed by atoms with Crippen LogP contribution in [0.15, 0.2) is 36.7 Å². The van der Waals surface area contributed by atoms with Gasteiger partial charge in [0.15, 0.2) is 28.8 Å². The van der Waals surface area contributed by atoms with Gasteiger partial charge in [-0.2, -0.15) is 5.26 Å². The molecule has 0 radical (unpaired) electrons. The molecule has 2 aromatic heterocycles. The molecule has 0 bridgehead atoms. The van der Waals surface area contributed by atoms with Gasteiger partial charge in [-0.25, -0.2) is 23.1 Å². The molecule has 2 N–H and O–H groups in total. The van der Waals surface area contributed by atoms with Crippen LogP contribution >= 0.6 is 0 Å². The van der Waals surface area contributed by atoms with Gasteiger partial charge in [0.25, 0.3) is 0 Å². The number of fused-ring (bicyclic) bond motifs is 1. The fourth-order valence-corrected chi connectivity index (χ4v) is 4.18. The van der Waals surface area contributed by atoms with Gasteiger partial charge in [-0.05, 0) is 38.2 Å². The molecule has 3 heterocycles. The summed E-state index contributed by atoms with van der Waals surface area (Å²) >= 11 is 0. The topological polar surface area (TPSA) is 93.1 Å². The predicted octanol–water partition coefficient (Wildman–Crippen LogP) is 4.84. The molecule has 1 fully saturated rings. The summed E-state index contributed by atoms with van der Waals surface area (Å²) in [5.74, 6) is -2.59. The van der Waals surface area contributed by atoms with Crippen LogP contribution < -0.4 is 15.0 Å². The Bertz CT molecular complexity index is 1490. The van der Waals surface area contributed by atoms with Crippen LogP contribution in [0, 0.1) is 35.7 Å². The first-order valence-electron chi connectivity index (χ1n) is 11.2. The van der Waals surface area contributed by atoms with Crippen molar-refractivity contribution in [2.45, 2.75) is 6.92 Å². The summed E-state index contributed by atoms with van der Waals surface area (Å²) in [5.41, 5.74) is 1.30. The smallest absolute Gasteiger partial charge is 0.242 e. The standard InChI is InChI=1S/C25H22F3N7O/c1-14-9-16-22(28)21(11-19(27)23(16)32-14)36-25-17(12-29)24(30-13-31-25)33-15-3-4-20(18(26)10-15)35-7-5-34(2)6-8-35/h3-4,9-11,13,32H,5-8H2,1-2H3,(H,30,31,33). The highest BCUT2D eigenvalue weighted by atomic mass is 19.1. The van der Waals surface area contributed by atoms with E-state index in [9.17, 15) is 18.4 Å². The van der Waals surface area contributed by atoms with E-state index in [2.05, 4.69) is 25.2 Å². The molecule has 0 unspecified atom stereocenters. The van der Waals surface area contributed by atoms with Gasteiger partial charge in [0.1, 0.15) is 18.2 Å². The normalized spacial score (nSPS) is 14.2. The first-order valence-corrected chi connectivity index (χ1v) is 11.2. The van der Waals surface area contributed by atoms with Crippen LogP contribution in [0.1, 0.15) is 11.3 Å². The second-order valence-electron chi connectivity index (χ2n) is 8.61. The average Bonchev–Trinajstić information content (AvgIpc) is 3.26. The third-order valence-electron chi connectivity index (χ3n) is 6.09. The fourth-order valence-electron chi connectivity index (χ4n) is 4.18. The summed E-state index contributed by atoms with van der Waals surface area (Å²) in [6.45, 7) is 4.80. The second-order valence-corrected chi connectivity index (χ2v) is 8.61. The molecule has 5 rings (SSSR count). The number of nitriles is 1. The first kappa shape index (κ1) is 23.4. The number of aromatic amines is 1. The highest BCUT2D eigenvalue weighted by Gasteiger charge is 2.21. The maximum atomic E-state index is 15.0. The number of hydrogen-bond donors (Lipinski definition) is 2. The van der Waals surface area contributed by atoms with Crippen LogP contribution in [0.4, 0.5) is 30.4 Å². The van der Waals surface area contributed by atoms with E-state index in [1.807, 2.05) is 18.0 Å². The molecule has 1 saturated heterocycles. The minimum Gasteiger partial charge on any atom is -0.434 e. The Morgan fingerprint density at radius 2 is 1.83 bits per heavy atom. The van der Waals surface area contributed by atoms with E-state index < -0.39 is 23.2 Å². The summed E-state index contributed by atoms with van der Waals surface area (Å²) in [4.78, 5) is 14.9. The molecule has 1 aliphatic rings. The van der Waals surface area contributed by atoms with Gasteiger partial charge in [-0.15, -0.1) is 0 Å². The number of benzene rings is 2. The SMILES string of the molecule is Cc1cc2c(F)c(Oc3ncnc(Nc4ccc(N5CCN(C)CC5)c(F)c4)c3C#N)cc(F)c2[nH]1. The predicted molar refractivity (Wildman–Crippen MR) is 129 cm³/mol. The largest absolute Gasteiger partial charge is 0.434 e. The number of aromatic nitrogens is 3. The number of H-pyrrole nitrogens is 1. The number of likely N-dealkylation sites (N-methyl/N-ethyl adjacent to an activating group) is 1. The van der Waals surface area contributed by atoms with Gasteiger partial charge < -0.3 is 24.8 Å². The zero-order valence-corrected chi connectivity index (χ0v) is 19.6. The Balaban J connectivity index is 1.42. The fraction of sp³-hybridized carbons (Fsp3) is 0.240. The molecule has 4 aromatic rings. The van der Waals surface area contributed by atoms with Crippen molar-refractivity contribution in [3.05, 3.63) is 65.4 Å². The molecule has 8 nitrogen and oxygen atoms in total. The molecule has 36 heavy (non-hydrogen) atoms. The van der Waals surface area contributed by atoms with E-state index >= 15 is 0 Å². The Kier molecular flexibility index (Phi) is 6.12. The van der Waals surface area contributed by atoms with Crippen LogP contribution in [0.3, 0.4) is 0 Å². The van der Waals surface area contributed by atoms with E-state index in [4.69, 9.17) is 4.74 Å². The molecular formula is C25H22F3N7O. The lowest BCUT2D eigenvalue weighted by Crippen LogP contribution is -2.44. The number of rotatable bonds is 5. The lowest BCUT2D eigenvalue weighted by Gasteiger charge is -2.34. The molecule has 0 spiro atoms. The van der Waals surface area contributed by atoms with Crippen LogP contribution in [0.25, 0.3) is 10.9 Å². The zero-order valence-electron chi connectivity index (χ0n) is 19.6. The highest BCUT2D eigenvalue weighted by molar-refractivity contribution is 5.83. The van der Waals surface area contributed by atoms with Gasteiger partial charge in [-0.1, -0.05) is 0 Å². The quantitative estimate of drug-likeness (QED) is 0.411. The van der Waals surface area contributed by atoms with Gasteiger partial charge in [-0.3, -0.25) is 0 Å². The zero-order chi connectivity index (χ0) is 25.4. The number of anilines is 3. The number of hydrogen-bond acceptors (Lipinski definition) is 7. The molecule has 11 heteroatoms. The number of halogens is 3. The molecule has 1 aliphatic heterocycles. The van der Waals surface area contributed by atoms with Crippen molar-refractivity contribution in [3.63, 3.8) is 0 Å². The van der Waals surface area contributed by atoms with Crippen molar-refractivity contribution >= 4 is 28.1 Å². The molecule has 2 aromatic carbocycles. The van der Waals surface area contributed by atoms with Gasteiger partial charge in [0.05, 0.1) is 11.2 Å². The third-order valence-corrected chi connectivity index (χ3v) is 6.09. The Morgan fingerprint density at radius 3 is 2.56 bits per heavy atom. The van der Waals surface area contributed by atoms with Crippen molar-refractivity contribution in [3.8, 4) is 17.7 Å². The summed E-state index contributed by atoms with van der Waals surface area (Å²) in [6.07, 6.45) is 1.11. The van der Waals surface area contributed by atoms with Crippen LogP contribution in [-0.2, 0) is 0 Å².